The van der Waals surface area contributed by atoms with Gasteiger partial charge in [-0.3, -0.25) is 0 Å². The van der Waals surface area contributed by atoms with E-state index in [2.05, 4.69) is 15.5 Å². The van der Waals surface area contributed by atoms with Gasteiger partial charge in [0.15, 0.2) is 0 Å². The van der Waals surface area contributed by atoms with Crippen LogP contribution in [0.25, 0.3) is 0 Å². The molecular formula is C13H17N5O4S. The third kappa shape index (κ3) is 3.84. The molecule has 1 aliphatic rings. The Hall–Kier alpha value is -2.04. The van der Waals surface area contributed by atoms with Gasteiger partial charge in [-0.15, -0.1) is 5.10 Å². The van der Waals surface area contributed by atoms with E-state index in [-0.39, 0.29) is 4.90 Å². The van der Waals surface area contributed by atoms with E-state index in [0.717, 1.165) is 0 Å². The van der Waals surface area contributed by atoms with Gasteiger partial charge in [-0.1, -0.05) is 0 Å². The smallest absolute Gasteiger partial charge is 0.243 e. The maximum atomic E-state index is 12.5. The van der Waals surface area contributed by atoms with E-state index in [9.17, 15) is 8.42 Å². The van der Waals surface area contributed by atoms with Crippen LogP contribution in [0.15, 0.2) is 35.5 Å². The minimum Gasteiger partial charge on any atom is -0.492 e. The van der Waals surface area contributed by atoms with Gasteiger partial charge < -0.3 is 9.47 Å². The van der Waals surface area contributed by atoms with Crippen molar-refractivity contribution in [2.24, 2.45) is 0 Å². The van der Waals surface area contributed by atoms with Crippen molar-refractivity contribution in [3.8, 4) is 5.75 Å². The molecule has 1 fully saturated rings. The number of rotatable bonds is 6. The molecule has 2 heterocycles. The SMILES string of the molecule is O=S(=O)(c1ccc(OCCn2cnnn2)cc1)N1CCOCC1. The van der Waals surface area contributed by atoms with Crippen LogP contribution in [-0.2, 0) is 21.3 Å². The molecule has 1 aliphatic heterocycles. The molecule has 9 nitrogen and oxygen atoms in total. The molecule has 0 amide bonds. The number of sulfonamides is 1. The third-order valence-electron chi connectivity index (χ3n) is 3.41. The summed E-state index contributed by atoms with van der Waals surface area (Å²) in [5.41, 5.74) is 0. The van der Waals surface area contributed by atoms with E-state index >= 15 is 0 Å². The summed E-state index contributed by atoms with van der Waals surface area (Å²) in [4.78, 5) is 0.257. The van der Waals surface area contributed by atoms with Gasteiger partial charge >= 0.3 is 0 Å². The van der Waals surface area contributed by atoms with Crippen molar-refractivity contribution in [1.82, 2.24) is 24.5 Å². The number of hydrogen-bond acceptors (Lipinski definition) is 7. The molecule has 0 unspecified atom stereocenters. The Balaban J connectivity index is 1.59. The highest BCUT2D eigenvalue weighted by Gasteiger charge is 2.26. The molecule has 0 radical (unpaired) electrons. The molecule has 2 aromatic rings. The van der Waals surface area contributed by atoms with Crippen molar-refractivity contribution >= 4 is 10.0 Å². The van der Waals surface area contributed by atoms with Crippen molar-refractivity contribution in [2.45, 2.75) is 11.4 Å². The quantitative estimate of drug-likeness (QED) is 0.717. The summed E-state index contributed by atoms with van der Waals surface area (Å²) in [5.74, 6) is 0.596. The second-order valence-electron chi connectivity index (χ2n) is 4.91. The van der Waals surface area contributed by atoms with Crippen LogP contribution in [0.2, 0.25) is 0 Å². The van der Waals surface area contributed by atoms with Crippen LogP contribution in [-0.4, -0.2) is 65.8 Å². The summed E-state index contributed by atoms with van der Waals surface area (Å²) in [6.07, 6.45) is 1.50. The maximum absolute atomic E-state index is 12.5. The largest absolute Gasteiger partial charge is 0.492 e. The fourth-order valence-corrected chi connectivity index (χ4v) is 3.59. The minimum atomic E-state index is -3.47. The Morgan fingerprint density at radius 2 is 1.91 bits per heavy atom. The summed E-state index contributed by atoms with van der Waals surface area (Å²) in [5, 5.41) is 10.8. The van der Waals surface area contributed by atoms with E-state index in [1.807, 2.05) is 0 Å². The van der Waals surface area contributed by atoms with Crippen LogP contribution in [0.5, 0.6) is 5.75 Å². The Bertz CT molecular complexity index is 711. The molecule has 0 aliphatic carbocycles. The van der Waals surface area contributed by atoms with E-state index in [1.54, 1.807) is 28.9 Å². The molecule has 0 bridgehead atoms. The number of benzene rings is 1. The number of nitrogens with zero attached hydrogens (tertiary/aromatic N) is 5. The summed E-state index contributed by atoms with van der Waals surface area (Å²) in [6, 6.07) is 6.40. The standard InChI is InChI=1S/C13H17N5O4S/c19-23(20,18-6-8-21-9-7-18)13-3-1-12(2-4-13)22-10-5-17-11-14-15-16-17/h1-4,11H,5-10H2. The first-order valence-electron chi connectivity index (χ1n) is 7.18. The Labute approximate surface area is 133 Å². The predicted molar refractivity (Wildman–Crippen MR) is 79.3 cm³/mol. The van der Waals surface area contributed by atoms with Crippen molar-refractivity contribution in [3.63, 3.8) is 0 Å². The lowest BCUT2D eigenvalue weighted by molar-refractivity contribution is 0.0730. The Kier molecular flexibility index (Phi) is 4.84. The number of aromatic nitrogens is 4. The highest BCUT2D eigenvalue weighted by atomic mass is 32.2. The van der Waals surface area contributed by atoms with Gasteiger partial charge in [-0.05, 0) is 34.7 Å². The molecule has 124 valence electrons. The zero-order chi connectivity index (χ0) is 16.1. The highest BCUT2D eigenvalue weighted by molar-refractivity contribution is 7.89. The van der Waals surface area contributed by atoms with Crippen molar-refractivity contribution < 1.29 is 17.9 Å². The molecular weight excluding hydrogens is 322 g/mol. The molecule has 1 aromatic heterocycles. The van der Waals surface area contributed by atoms with Gasteiger partial charge in [-0.25, -0.2) is 13.1 Å². The van der Waals surface area contributed by atoms with Gasteiger partial charge in [-0.2, -0.15) is 4.31 Å². The number of hydrogen-bond donors (Lipinski definition) is 0. The van der Waals surface area contributed by atoms with Crippen LogP contribution >= 0.6 is 0 Å². The summed E-state index contributed by atoms with van der Waals surface area (Å²) >= 11 is 0. The molecule has 3 rings (SSSR count). The Morgan fingerprint density at radius 1 is 1.17 bits per heavy atom. The van der Waals surface area contributed by atoms with Crippen molar-refractivity contribution in [1.29, 1.82) is 0 Å². The summed E-state index contributed by atoms with van der Waals surface area (Å²) in [7, 11) is -3.47. The van der Waals surface area contributed by atoms with Crippen LogP contribution in [0.3, 0.4) is 0 Å². The first-order chi connectivity index (χ1) is 11.2. The van der Waals surface area contributed by atoms with Crippen molar-refractivity contribution in [2.75, 3.05) is 32.9 Å². The number of ether oxygens (including phenoxy) is 2. The molecule has 10 heteroatoms. The topological polar surface area (TPSA) is 99.4 Å². The summed E-state index contributed by atoms with van der Waals surface area (Å²) in [6.45, 7) is 2.52. The number of morpholine rings is 1. The number of tetrazole rings is 1. The van der Waals surface area contributed by atoms with E-state index in [0.29, 0.717) is 45.2 Å². The average Bonchev–Trinajstić information content (AvgIpc) is 3.10. The third-order valence-corrected chi connectivity index (χ3v) is 5.32. The lowest BCUT2D eigenvalue weighted by atomic mass is 10.3. The van der Waals surface area contributed by atoms with Gasteiger partial charge in [0.25, 0.3) is 0 Å². The van der Waals surface area contributed by atoms with Gasteiger partial charge in [0.2, 0.25) is 10.0 Å². The average molecular weight is 339 g/mol. The van der Waals surface area contributed by atoms with Crippen LogP contribution in [0, 0.1) is 0 Å². The molecule has 1 aromatic carbocycles. The van der Waals surface area contributed by atoms with Crippen LogP contribution < -0.4 is 4.74 Å². The fourth-order valence-electron chi connectivity index (χ4n) is 2.18. The molecule has 0 spiro atoms. The molecule has 1 saturated heterocycles. The normalized spacial score (nSPS) is 16.3. The molecule has 0 saturated carbocycles. The Morgan fingerprint density at radius 3 is 2.57 bits per heavy atom. The lowest BCUT2D eigenvalue weighted by Crippen LogP contribution is -2.40. The second-order valence-corrected chi connectivity index (χ2v) is 6.85. The lowest BCUT2D eigenvalue weighted by Gasteiger charge is -2.26. The molecule has 23 heavy (non-hydrogen) atoms. The highest BCUT2D eigenvalue weighted by Crippen LogP contribution is 2.20. The van der Waals surface area contributed by atoms with Gasteiger partial charge in [0.05, 0.1) is 24.7 Å². The van der Waals surface area contributed by atoms with Crippen molar-refractivity contribution in [3.05, 3.63) is 30.6 Å². The fraction of sp³-hybridized carbons (Fsp3) is 0.462. The van der Waals surface area contributed by atoms with E-state index in [1.165, 1.54) is 10.6 Å². The first-order valence-corrected chi connectivity index (χ1v) is 8.62. The summed E-state index contributed by atoms with van der Waals surface area (Å²) < 4.78 is 38.7. The maximum Gasteiger partial charge on any atom is 0.243 e. The zero-order valence-electron chi connectivity index (χ0n) is 12.4. The zero-order valence-corrected chi connectivity index (χ0v) is 13.2. The van der Waals surface area contributed by atoms with Gasteiger partial charge in [0, 0.05) is 13.1 Å². The molecule has 0 atom stereocenters. The monoisotopic (exact) mass is 339 g/mol. The van der Waals surface area contributed by atoms with E-state index in [4.69, 9.17) is 9.47 Å². The van der Waals surface area contributed by atoms with E-state index < -0.39 is 10.0 Å². The van der Waals surface area contributed by atoms with Gasteiger partial charge in [0.1, 0.15) is 18.7 Å². The van der Waals surface area contributed by atoms with Crippen LogP contribution in [0.1, 0.15) is 0 Å². The minimum absolute atomic E-state index is 0.257. The second kappa shape index (κ2) is 7.02. The predicted octanol–water partition coefficient (Wildman–Crippen LogP) is -0.227. The van der Waals surface area contributed by atoms with Crippen LogP contribution in [0.4, 0.5) is 0 Å². The molecule has 0 N–H and O–H groups in total. The first kappa shape index (κ1) is 15.8.